The Bertz CT molecular complexity index is 343. The van der Waals surface area contributed by atoms with Crippen LogP contribution in [0.3, 0.4) is 0 Å². The van der Waals surface area contributed by atoms with E-state index in [-0.39, 0.29) is 0 Å². The molecule has 1 fully saturated rings. The number of hydrogen-bond donors (Lipinski definition) is 0. The third-order valence-corrected chi connectivity index (χ3v) is 3.19. The maximum atomic E-state index is 11.4. The normalized spacial score (nSPS) is 28.0. The summed E-state index contributed by atoms with van der Waals surface area (Å²) in [5.41, 5.74) is 0. The number of imidazole rings is 1. The van der Waals surface area contributed by atoms with Gasteiger partial charge in [-0.2, -0.15) is 0 Å². The molecule has 3 nitrogen and oxygen atoms in total. The van der Waals surface area contributed by atoms with E-state index in [9.17, 15) is 4.79 Å². The summed E-state index contributed by atoms with van der Waals surface area (Å²) in [4.78, 5) is 15.6. The van der Waals surface area contributed by atoms with E-state index in [1.807, 2.05) is 13.1 Å². The van der Waals surface area contributed by atoms with Crippen molar-refractivity contribution in [1.29, 1.82) is 0 Å². The average molecular weight is 192 g/mol. The number of nitrogens with zero attached hydrogens (tertiary/aromatic N) is 2. The highest BCUT2D eigenvalue weighted by atomic mass is 16.1. The Morgan fingerprint density at radius 1 is 1.57 bits per heavy atom. The van der Waals surface area contributed by atoms with E-state index in [2.05, 4.69) is 16.5 Å². The van der Waals surface area contributed by atoms with Gasteiger partial charge in [0.2, 0.25) is 0 Å². The van der Waals surface area contributed by atoms with Crippen LogP contribution < -0.4 is 0 Å². The fourth-order valence-corrected chi connectivity index (χ4v) is 2.23. The molecule has 1 aliphatic rings. The van der Waals surface area contributed by atoms with Crippen molar-refractivity contribution in [3.63, 3.8) is 0 Å². The lowest BCUT2D eigenvalue weighted by atomic mass is 9.85. The second-order valence-electron chi connectivity index (χ2n) is 4.21. The third-order valence-electron chi connectivity index (χ3n) is 3.19. The van der Waals surface area contributed by atoms with Crippen molar-refractivity contribution in [2.24, 2.45) is 5.92 Å². The molecule has 0 amide bonds. The smallest absolute Gasteiger partial charge is 0.134 e. The molecule has 0 spiro atoms. The summed E-state index contributed by atoms with van der Waals surface area (Å²) in [6.07, 6.45) is 6.24. The number of rotatable bonds is 1. The van der Waals surface area contributed by atoms with Crippen molar-refractivity contribution in [3.8, 4) is 0 Å². The molecule has 14 heavy (non-hydrogen) atoms. The van der Waals surface area contributed by atoms with Gasteiger partial charge in [0.1, 0.15) is 11.6 Å². The van der Waals surface area contributed by atoms with Gasteiger partial charge in [0.05, 0.1) is 0 Å². The van der Waals surface area contributed by atoms with Gasteiger partial charge >= 0.3 is 0 Å². The summed E-state index contributed by atoms with van der Waals surface area (Å²) in [5.74, 6) is 1.98. The topological polar surface area (TPSA) is 34.9 Å². The molecule has 1 aromatic rings. The number of ketones is 1. The summed E-state index contributed by atoms with van der Waals surface area (Å²) < 4.78 is 2.14. The van der Waals surface area contributed by atoms with Crippen LogP contribution in [0.25, 0.3) is 0 Å². The number of hydrogen-bond acceptors (Lipinski definition) is 2. The van der Waals surface area contributed by atoms with E-state index >= 15 is 0 Å². The Kier molecular flexibility index (Phi) is 2.40. The van der Waals surface area contributed by atoms with Crippen molar-refractivity contribution in [2.75, 3.05) is 0 Å². The zero-order valence-electron chi connectivity index (χ0n) is 8.73. The van der Waals surface area contributed by atoms with Crippen LogP contribution >= 0.6 is 0 Å². The third kappa shape index (κ3) is 1.59. The Morgan fingerprint density at radius 3 is 3.00 bits per heavy atom. The highest BCUT2D eigenvalue weighted by molar-refractivity contribution is 5.79. The predicted octanol–water partition coefficient (Wildman–Crippen LogP) is 2.12. The Hall–Kier alpha value is -1.12. The van der Waals surface area contributed by atoms with Gasteiger partial charge < -0.3 is 4.57 Å². The van der Waals surface area contributed by atoms with Gasteiger partial charge in [-0.15, -0.1) is 0 Å². The summed E-state index contributed by atoms with van der Waals surface area (Å²) in [6, 6.07) is 0.332. The summed E-state index contributed by atoms with van der Waals surface area (Å²) in [7, 11) is 0. The molecule has 1 aliphatic carbocycles. The van der Waals surface area contributed by atoms with Gasteiger partial charge in [0, 0.05) is 31.3 Å². The minimum Gasteiger partial charge on any atom is -0.331 e. The molecule has 1 heterocycles. The molecule has 3 heteroatoms. The van der Waals surface area contributed by atoms with E-state index in [1.165, 1.54) is 0 Å². The van der Waals surface area contributed by atoms with Gasteiger partial charge in [-0.05, 0) is 19.3 Å². The Balaban J connectivity index is 2.24. The predicted molar refractivity (Wildman–Crippen MR) is 54.0 cm³/mol. The van der Waals surface area contributed by atoms with Crippen LogP contribution in [0.4, 0.5) is 0 Å². The van der Waals surface area contributed by atoms with Crippen LogP contribution in [0, 0.1) is 12.8 Å². The molecule has 2 unspecified atom stereocenters. The van der Waals surface area contributed by atoms with Crippen molar-refractivity contribution in [3.05, 3.63) is 18.2 Å². The first kappa shape index (κ1) is 9.44. The maximum absolute atomic E-state index is 11.4. The van der Waals surface area contributed by atoms with Gasteiger partial charge in [-0.25, -0.2) is 4.98 Å². The lowest BCUT2D eigenvalue weighted by Gasteiger charge is -2.29. The molecule has 0 bridgehead atoms. The van der Waals surface area contributed by atoms with Crippen LogP contribution in [0.5, 0.6) is 0 Å². The molecule has 0 aliphatic heterocycles. The molecule has 0 aromatic carbocycles. The first-order valence-corrected chi connectivity index (χ1v) is 5.19. The van der Waals surface area contributed by atoms with E-state index < -0.39 is 0 Å². The monoisotopic (exact) mass is 192 g/mol. The first-order chi connectivity index (χ1) is 6.68. The number of aromatic nitrogens is 2. The minimum absolute atomic E-state index is 0.332. The van der Waals surface area contributed by atoms with Crippen molar-refractivity contribution in [1.82, 2.24) is 9.55 Å². The maximum Gasteiger partial charge on any atom is 0.134 e. The van der Waals surface area contributed by atoms with E-state index in [0.717, 1.165) is 18.7 Å². The van der Waals surface area contributed by atoms with Crippen molar-refractivity contribution < 1.29 is 4.79 Å². The highest BCUT2D eigenvalue weighted by Gasteiger charge is 2.27. The molecule has 76 valence electrons. The van der Waals surface area contributed by atoms with Gasteiger partial charge in [-0.1, -0.05) is 6.92 Å². The molecule has 0 saturated heterocycles. The molecule has 1 saturated carbocycles. The quantitative estimate of drug-likeness (QED) is 0.683. The van der Waals surface area contributed by atoms with Crippen LogP contribution in [0.15, 0.2) is 12.4 Å². The Labute approximate surface area is 84.1 Å². The van der Waals surface area contributed by atoms with Gasteiger partial charge in [0.25, 0.3) is 0 Å². The van der Waals surface area contributed by atoms with E-state index in [0.29, 0.717) is 24.2 Å². The lowest BCUT2D eigenvalue weighted by Crippen LogP contribution is -2.26. The summed E-state index contributed by atoms with van der Waals surface area (Å²) in [6.45, 7) is 4.21. The molecule has 0 N–H and O–H groups in total. The Morgan fingerprint density at radius 2 is 2.36 bits per heavy atom. The standard InChI is InChI=1S/C11H16N2O/c1-8-3-4-10(14)7-11(8)13-6-5-12-9(13)2/h5-6,8,11H,3-4,7H2,1-2H3. The molecule has 0 radical (unpaired) electrons. The van der Waals surface area contributed by atoms with Crippen LogP contribution in [-0.4, -0.2) is 15.3 Å². The van der Waals surface area contributed by atoms with Crippen LogP contribution in [0.2, 0.25) is 0 Å². The molecule has 1 aromatic heterocycles. The second-order valence-corrected chi connectivity index (χ2v) is 4.21. The zero-order valence-corrected chi connectivity index (χ0v) is 8.73. The van der Waals surface area contributed by atoms with Gasteiger partial charge in [0.15, 0.2) is 0 Å². The number of aryl methyl sites for hydroxylation is 1. The average Bonchev–Trinajstić information content (AvgIpc) is 2.56. The SMILES string of the molecule is Cc1nccn1C1CC(=O)CCC1C. The lowest BCUT2D eigenvalue weighted by molar-refractivity contribution is -0.122. The second kappa shape index (κ2) is 3.56. The van der Waals surface area contributed by atoms with E-state index in [4.69, 9.17) is 0 Å². The van der Waals surface area contributed by atoms with Crippen molar-refractivity contribution >= 4 is 5.78 Å². The number of carbonyl (C=O) groups is 1. The van der Waals surface area contributed by atoms with Crippen LogP contribution in [0.1, 0.15) is 38.1 Å². The number of Topliss-reactive ketones (excluding diaryl/α,β-unsaturated/α-hetero) is 1. The zero-order chi connectivity index (χ0) is 10.1. The van der Waals surface area contributed by atoms with Crippen LogP contribution in [-0.2, 0) is 4.79 Å². The summed E-state index contributed by atoms with van der Waals surface area (Å²) in [5, 5.41) is 0. The van der Waals surface area contributed by atoms with E-state index in [1.54, 1.807) is 6.20 Å². The van der Waals surface area contributed by atoms with Crippen molar-refractivity contribution in [2.45, 2.75) is 39.2 Å². The molecular weight excluding hydrogens is 176 g/mol. The fourth-order valence-electron chi connectivity index (χ4n) is 2.23. The molecule has 2 atom stereocenters. The largest absolute Gasteiger partial charge is 0.331 e. The highest BCUT2D eigenvalue weighted by Crippen LogP contribution is 2.32. The number of carbonyl (C=O) groups excluding carboxylic acids is 1. The minimum atomic E-state index is 0.332. The molecule has 2 rings (SSSR count). The fraction of sp³-hybridized carbons (Fsp3) is 0.636. The molecular formula is C11H16N2O. The summed E-state index contributed by atoms with van der Waals surface area (Å²) >= 11 is 0. The van der Waals surface area contributed by atoms with Gasteiger partial charge in [-0.3, -0.25) is 4.79 Å². The first-order valence-electron chi connectivity index (χ1n) is 5.19.